The number of nitrogens with zero attached hydrogens (tertiary/aromatic N) is 1. The average Bonchev–Trinajstić information content (AvgIpc) is 3.35. The van der Waals surface area contributed by atoms with E-state index in [-0.39, 0.29) is 5.91 Å². The van der Waals surface area contributed by atoms with Gasteiger partial charge in [-0.2, -0.15) is 0 Å². The Bertz CT molecular complexity index is 1070. The van der Waals surface area contributed by atoms with Crippen LogP contribution in [-0.4, -0.2) is 18.0 Å². The third kappa shape index (κ3) is 4.16. The molecule has 4 aromatic rings. The number of hydrogen-bond acceptors (Lipinski definition) is 6. The van der Waals surface area contributed by atoms with E-state index in [0.29, 0.717) is 10.7 Å². The van der Waals surface area contributed by atoms with Gasteiger partial charge in [0.15, 0.2) is 5.13 Å². The lowest BCUT2D eigenvalue weighted by atomic mass is 10.2. The zero-order chi connectivity index (χ0) is 18.6. The highest BCUT2D eigenvalue weighted by molar-refractivity contribution is 7.98. The number of amides is 1. The molecular weight excluding hydrogens is 396 g/mol. The van der Waals surface area contributed by atoms with E-state index < -0.39 is 0 Å². The number of thiophene rings is 1. The standard InChI is InChI=1S/C20H16N2O2S3/c1-24-13-8-9-16-18(11-13)27-20(21-16)22-19(23)15-6-2-3-7-17(15)26-12-14-5-4-10-25-14/h2-11H,12H2,1H3,(H,21,22,23). The summed E-state index contributed by atoms with van der Waals surface area (Å²) in [5, 5.41) is 5.59. The summed E-state index contributed by atoms with van der Waals surface area (Å²) in [4.78, 5) is 19.6. The molecule has 0 atom stereocenters. The van der Waals surface area contributed by atoms with Crippen molar-refractivity contribution in [1.82, 2.24) is 4.98 Å². The molecule has 136 valence electrons. The summed E-state index contributed by atoms with van der Waals surface area (Å²) in [5.41, 5.74) is 1.51. The van der Waals surface area contributed by atoms with Crippen LogP contribution in [0, 0.1) is 0 Å². The smallest absolute Gasteiger partial charge is 0.258 e. The first kappa shape index (κ1) is 18.0. The number of aromatic nitrogens is 1. The van der Waals surface area contributed by atoms with Crippen LogP contribution < -0.4 is 10.1 Å². The highest BCUT2D eigenvalue weighted by Crippen LogP contribution is 2.31. The minimum atomic E-state index is -0.143. The molecule has 4 nitrogen and oxygen atoms in total. The van der Waals surface area contributed by atoms with Crippen molar-refractivity contribution in [3.63, 3.8) is 0 Å². The number of anilines is 1. The van der Waals surface area contributed by atoms with Gasteiger partial charge < -0.3 is 4.74 Å². The molecule has 0 unspecified atom stereocenters. The monoisotopic (exact) mass is 412 g/mol. The first-order valence-corrected chi connectivity index (χ1v) is 10.9. The molecule has 0 aliphatic carbocycles. The molecule has 0 saturated heterocycles. The Morgan fingerprint density at radius 2 is 2.07 bits per heavy atom. The highest BCUT2D eigenvalue weighted by atomic mass is 32.2. The van der Waals surface area contributed by atoms with Gasteiger partial charge in [0, 0.05) is 15.5 Å². The van der Waals surface area contributed by atoms with Gasteiger partial charge in [0.1, 0.15) is 5.75 Å². The summed E-state index contributed by atoms with van der Waals surface area (Å²) in [5.74, 6) is 1.48. The lowest BCUT2D eigenvalue weighted by molar-refractivity contribution is 0.102. The van der Waals surface area contributed by atoms with Crippen LogP contribution in [-0.2, 0) is 5.75 Å². The van der Waals surface area contributed by atoms with E-state index in [4.69, 9.17) is 4.74 Å². The van der Waals surface area contributed by atoms with Gasteiger partial charge in [0.05, 0.1) is 22.9 Å². The molecule has 1 amide bonds. The summed E-state index contributed by atoms with van der Waals surface area (Å²) < 4.78 is 6.22. The van der Waals surface area contributed by atoms with E-state index in [9.17, 15) is 4.79 Å². The topological polar surface area (TPSA) is 51.2 Å². The number of hydrogen-bond donors (Lipinski definition) is 1. The molecule has 0 aliphatic heterocycles. The summed E-state index contributed by atoms with van der Waals surface area (Å²) in [6.45, 7) is 0. The number of fused-ring (bicyclic) bond motifs is 1. The number of benzene rings is 2. The van der Waals surface area contributed by atoms with E-state index in [1.54, 1.807) is 30.2 Å². The predicted octanol–water partition coefficient (Wildman–Crippen LogP) is 5.91. The summed E-state index contributed by atoms with van der Waals surface area (Å²) >= 11 is 4.83. The molecule has 7 heteroatoms. The Labute approximate surface area is 169 Å². The molecule has 1 N–H and O–H groups in total. The summed E-state index contributed by atoms with van der Waals surface area (Å²) in [7, 11) is 1.63. The van der Waals surface area contributed by atoms with E-state index in [0.717, 1.165) is 26.6 Å². The Morgan fingerprint density at radius 3 is 2.89 bits per heavy atom. The van der Waals surface area contributed by atoms with Crippen molar-refractivity contribution in [2.75, 3.05) is 12.4 Å². The molecule has 27 heavy (non-hydrogen) atoms. The predicted molar refractivity (Wildman–Crippen MR) is 114 cm³/mol. The van der Waals surface area contributed by atoms with Crippen molar-refractivity contribution >= 4 is 55.7 Å². The third-order valence-electron chi connectivity index (χ3n) is 3.90. The van der Waals surface area contributed by atoms with Crippen molar-refractivity contribution in [3.8, 4) is 5.75 Å². The number of nitrogens with one attached hydrogen (secondary N) is 1. The largest absolute Gasteiger partial charge is 0.497 e. The van der Waals surface area contributed by atoms with Gasteiger partial charge in [-0.25, -0.2) is 4.98 Å². The number of thiazole rings is 1. The molecule has 0 saturated carbocycles. The van der Waals surface area contributed by atoms with Crippen molar-refractivity contribution in [2.24, 2.45) is 0 Å². The SMILES string of the molecule is COc1ccc2nc(NC(=O)c3ccccc3SCc3cccs3)sc2c1. The second-order valence-corrected chi connectivity index (χ2v) is 8.75. The van der Waals surface area contributed by atoms with Crippen molar-refractivity contribution in [3.05, 3.63) is 70.4 Å². The highest BCUT2D eigenvalue weighted by Gasteiger charge is 2.14. The number of ether oxygens (including phenoxy) is 1. The normalized spacial score (nSPS) is 10.9. The Hall–Kier alpha value is -2.35. The van der Waals surface area contributed by atoms with Crippen molar-refractivity contribution in [2.45, 2.75) is 10.6 Å². The van der Waals surface area contributed by atoms with Crippen LogP contribution in [0.4, 0.5) is 5.13 Å². The molecule has 2 aromatic carbocycles. The van der Waals surface area contributed by atoms with Gasteiger partial charge in [-0.15, -0.1) is 23.1 Å². The van der Waals surface area contributed by atoms with E-state index in [1.165, 1.54) is 16.2 Å². The van der Waals surface area contributed by atoms with Crippen LogP contribution in [0.1, 0.15) is 15.2 Å². The molecular formula is C20H16N2O2S3. The third-order valence-corrected chi connectivity index (χ3v) is 7.01. The fraction of sp³-hybridized carbons (Fsp3) is 0.100. The number of thioether (sulfide) groups is 1. The zero-order valence-electron chi connectivity index (χ0n) is 14.5. The molecule has 0 radical (unpaired) electrons. The number of carbonyl (C=O) groups excluding carboxylic acids is 1. The molecule has 2 heterocycles. The Kier molecular flexibility index (Phi) is 5.42. The molecule has 4 rings (SSSR count). The molecule has 0 aliphatic rings. The fourth-order valence-electron chi connectivity index (χ4n) is 2.57. The van der Waals surface area contributed by atoms with Gasteiger partial charge in [0.25, 0.3) is 5.91 Å². The van der Waals surface area contributed by atoms with E-state index >= 15 is 0 Å². The fourth-order valence-corrected chi connectivity index (χ4v) is 5.29. The van der Waals surface area contributed by atoms with Gasteiger partial charge in [-0.3, -0.25) is 10.1 Å². The zero-order valence-corrected chi connectivity index (χ0v) is 16.9. The van der Waals surface area contributed by atoms with Gasteiger partial charge in [-0.1, -0.05) is 29.5 Å². The summed E-state index contributed by atoms with van der Waals surface area (Å²) in [6.07, 6.45) is 0. The summed E-state index contributed by atoms with van der Waals surface area (Å²) in [6, 6.07) is 17.5. The molecule has 0 fully saturated rings. The number of carbonyl (C=O) groups is 1. The lowest BCUT2D eigenvalue weighted by Crippen LogP contribution is -2.12. The molecule has 0 spiro atoms. The minimum Gasteiger partial charge on any atom is -0.497 e. The lowest BCUT2D eigenvalue weighted by Gasteiger charge is -2.08. The van der Waals surface area contributed by atoms with Crippen LogP contribution >= 0.6 is 34.4 Å². The average molecular weight is 413 g/mol. The second kappa shape index (κ2) is 8.12. The van der Waals surface area contributed by atoms with E-state index in [1.807, 2.05) is 48.5 Å². The second-order valence-electron chi connectivity index (χ2n) is 5.67. The Balaban J connectivity index is 1.52. The van der Waals surface area contributed by atoms with Crippen LogP contribution in [0.25, 0.3) is 10.2 Å². The maximum atomic E-state index is 12.8. The van der Waals surface area contributed by atoms with Crippen molar-refractivity contribution in [1.29, 1.82) is 0 Å². The number of methoxy groups -OCH3 is 1. The maximum Gasteiger partial charge on any atom is 0.258 e. The quantitative estimate of drug-likeness (QED) is 0.400. The Morgan fingerprint density at radius 1 is 1.19 bits per heavy atom. The van der Waals surface area contributed by atoms with Gasteiger partial charge in [0.2, 0.25) is 0 Å². The molecule has 0 bridgehead atoms. The van der Waals surface area contributed by atoms with Crippen LogP contribution in [0.3, 0.4) is 0 Å². The van der Waals surface area contributed by atoms with Crippen LogP contribution in [0.2, 0.25) is 0 Å². The minimum absolute atomic E-state index is 0.143. The van der Waals surface area contributed by atoms with Crippen LogP contribution in [0.5, 0.6) is 5.75 Å². The first-order chi connectivity index (χ1) is 13.2. The van der Waals surface area contributed by atoms with Crippen LogP contribution in [0.15, 0.2) is 64.9 Å². The van der Waals surface area contributed by atoms with Gasteiger partial charge in [-0.05, 0) is 41.8 Å². The molecule has 2 aromatic heterocycles. The first-order valence-electron chi connectivity index (χ1n) is 8.23. The van der Waals surface area contributed by atoms with Crippen molar-refractivity contribution < 1.29 is 9.53 Å². The van der Waals surface area contributed by atoms with E-state index in [2.05, 4.69) is 21.7 Å². The van der Waals surface area contributed by atoms with Gasteiger partial charge >= 0.3 is 0 Å². The number of rotatable bonds is 6. The maximum absolute atomic E-state index is 12.8.